The van der Waals surface area contributed by atoms with Crippen molar-refractivity contribution in [2.24, 2.45) is 4.99 Å². The van der Waals surface area contributed by atoms with E-state index in [0.717, 1.165) is 23.1 Å². The lowest BCUT2D eigenvalue weighted by Gasteiger charge is -2.20. The lowest BCUT2D eigenvalue weighted by molar-refractivity contribution is 0.0979. The SMILES string of the molecule is C=CCn1c(=NC(=O)c2ccc(S(=O)(=O)N(C)CC3CCCO3)cc2)sc2cc(OC)c(OC)cc21. The highest BCUT2D eigenvalue weighted by molar-refractivity contribution is 7.89. The third-order valence-corrected chi connectivity index (χ3v) is 8.87. The Hall–Kier alpha value is -2.99. The van der Waals surface area contributed by atoms with Crippen LogP contribution in [-0.2, 0) is 21.3 Å². The molecule has 3 aromatic rings. The minimum absolute atomic E-state index is 0.0899. The largest absolute Gasteiger partial charge is 0.493 e. The lowest BCUT2D eigenvalue weighted by Crippen LogP contribution is -2.34. The molecule has 36 heavy (non-hydrogen) atoms. The van der Waals surface area contributed by atoms with Gasteiger partial charge >= 0.3 is 0 Å². The lowest BCUT2D eigenvalue weighted by atomic mass is 10.2. The van der Waals surface area contributed by atoms with E-state index in [1.54, 1.807) is 20.3 Å². The van der Waals surface area contributed by atoms with E-state index in [9.17, 15) is 13.2 Å². The molecule has 2 aromatic carbocycles. The molecule has 0 aliphatic carbocycles. The summed E-state index contributed by atoms with van der Waals surface area (Å²) in [5.74, 6) is 0.672. The number of aromatic nitrogens is 1. The van der Waals surface area contributed by atoms with Crippen LogP contribution in [0.5, 0.6) is 11.5 Å². The number of ether oxygens (including phenoxy) is 3. The van der Waals surface area contributed by atoms with Crippen molar-refractivity contribution >= 4 is 37.5 Å². The predicted octanol–water partition coefficient (Wildman–Crippen LogP) is 3.45. The summed E-state index contributed by atoms with van der Waals surface area (Å²) in [6, 6.07) is 9.51. The van der Waals surface area contributed by atoms with Crippen molar-refractivity contribution in [1.29, 1.82) is 0 Å². The van der Waals surface area contributed by atoms with E-state index in [2.05, 4.69) is 11.6 Å². The van der Waals surface area contributed by atoms with Gasteiger partial charge in [0.25, 0.3) is 5.91 Å². The number of fused-ring (bicyclic) bond motifs is 1. The number of hydrogen-bond acceptors (Lipinski definition) is 7. The van der Waals surface area contributed by atoms with Gasteiger partial charge < -0.3 is 18.8 Å². The molecule has 4 rings (SSSR count). The number of amides is 1. The summed E-state index contributed by atoms with van der Waals surface area (Å²) in [5.41, 5.74) is 1.12. The Kier molecular flexibility index (Phi) is 7.94. The van der Waals surface area contributed by atoms with Crippen molar-refractivity contribution < 1.29 is 27.4 Å². The van der Waals surface area contributed by atoms with Gasteiger partial charge in [0.1, 0.15) is 0 Å². The monoisotopic (exact) mass is 531 g/mol. The Morgan fingerprint density at radius 1 is 1.25 bits per heavy atom. The number of hydrogen-bond donors (Lipinski definition) is 0. The normalized spacial score (nSPS) is 16.6. The molecule has 11 heteroatoms. The summed E-state index contributed by atoms with van der Waals surface area (Å²) in [7, 11) is 0.965. The van der Waals surface area contributed by atoms with Gasteiger partial charge in [-0.25, -0.2) is 8.42 Å². The Morgan fingerprint density at radius 3 is 2.56 bits per heavy atom. The number of thiazole rings is 1. The van der Waals surface area contributed by atoms with Gasteiger partial charge in [0.15, 0.2) is 16.3 Å². The summed E-state index contributed by atoms with van der Waals surface area (Å²) in [4.78, 5) is 17.9. The maximum Gasteiger partial charge on any atom is 0.279 e. The first kappa shape index (κ1) is 26.1. The number of carbonyl (C=O) groups excluding carboxylic acids is 1. The quantitative estimate of drug-likeness (QED) is 0.392. The van der Waals surface area contributed by atoms with Crippen LogP contribution in [0.15, 0.2) is 58.9 Å². The number of methoxy groups -OCH3 is 2. The number of allylic oxidation sites excluding steroid dienone is 1. The van der Waals surface area contributed by atoms with Crippen LogP contribution in [0.3, 0.4) is 0 Å². The molecule has 1 unspecified atom stereocenters. The molecule has 1 fully saturated rings. The zero-order chi connectivity index (χ0) is 25.9. The fourth-order valence-electron chi connectivity index (χ4n) is 4.06. The van der Waals surface area contributed by atoms with E-state index in [4.69, 9.17) is 14.2 Å². The van der Waals surface area contributed by atoms with E-state index in [0.29, 0.717) is 36.0 Å². The summed E-state index contributed by atoms with van der Waals surface area (Å²) >= 11 is 1.34. The number of benzene rings is 2. The van der Waals surface area contributed by atoms with Gasteiger partial charge in [0.05, 0.1) is 35.4 Å². The molecule has 1 saturated heterocycles. The molecule has 0 saturated carbocycles. The van der Waals surface area contributed by atoms with Gasteiger partial charge in [0.2, 0.25) is 10.0 Å². The molecule has 0 N–H and O–H groups in total. The van der Waals surface area contributed by atoms with Gasteiger partial charge in [-0.15, -0.1) is 6.58 Å². The van der Waals surface area contributed by atoms with Crippen LogP contribution in [0.4, 0.5) is 0 Å². The second kappa shape index (κ2) is 11.0. The first-order chi connectivity index (χ1) is 17.3. The molecule has 1 amide bonds. The molecule has 9 nitrogen and oxygen atoms in total. The number of rotatable bonds is 9. The summed E-state index contributed by atoms with van der Waals surface area (Å²) in [5, 5.41) is 0. The van der Waals surface area contributed by atoms with Gasteiger partial charge in [-0.1, -0.05) is 17.4 Å². The van der Waals surface area contributed by atoms with Crippen LogP contribution in [0.25, 0.3) is 10.2 Å². The van der Waals surface area contributed by atoms with Crippen LogP contribution in [-0.4, -0.2) is 63.7 Å². The number of likely N-dealkylation sites (N-methyl/N-ethyl adjacent to an activating group) is 1. The predicted molar refractivity (Wildman–Crippen MR) is 138 cm³/mol. The second-order valence-electron chi connectivity index (χ2n) is 8.32. The van der Waals surface area contributed by atoms with Crippen molar-refractivity contribution in [3.05, 3.63) is 59.4 Å². The third kappa shape index (κ3) is 5.24. The molecule has 1 aliphatic heterocycles. The Morgan fingerprint density at radius 2 is 1.94 bits per heavy atom. The minimum Gasteiger partial charge on any atom is -0.493 e. The van der Waals surface area contributed by atoms with Crippen LogP contribution in [0.2, 0.25) is 0 Å². The van der Waals surface area contributed by atoms with Crippen molar-refractivity contribution in [1.82, 2.24) is 8.87 Å². The van der Waals surface area contributed by atoms with Gasteiger partial charge in [-0.05, 0) is 37.1 Å². The molecule has 1 aliphatic rings. The first-order valence-electron chi connectivity index (χ1n) is 11.4. The van der Waals surface area contributed by atoms with E-state index < -0.39 is 15.9 Å². The molecule has 1 aromatic heterocycles. The average Bonchev–Trinajstić information content (AvgIpc) is 3.51. The van der Waals surface area contributed by atoms with E-state index in [1.165, 1.54) is 47.0 Å². The average molecular weight is 532 g/mol. The molecular formula is C25H29N3O6S2. The van der Waals surface area contributed by atoms with Crippen LogP contribution in [0.1, 0.15) is 23.2 Å². The first-order valence-corrected chi connectivity index (χ1v) is 13.7. The highest BCUT2D eigenvalue weighted by Gasteiger charge is 2.26. The third-order valence-electron chi connectivity index (χ3n) is 5.99. The molecular weight excluding hydrogens is 502 g/mol. The van der Waals surface area contributed by atoms with Crippen LogP contribution in [0, 0.1) is 0 Å². The fraction of sp³-hybridized carbons (Fsp3) is 0.360. The van der Waals surface area contributed by atoms with Gasteiger partial charge in [-0.2, -0.15) is 9.30 Å². The number of sulfonamides is 1. The summed E-state index contributed by atoms with van der Waals surface area (Å²) in [6.45, 7) is 5.20. The van der Waals surface area contributed by atoms with Crippen molar-refractivity contribution in [3.8, 4) is 11.5 Å². The summed E-state index contributed by atoms with van der Waals surface area (Å²) < 4.78 is 46.3. The highest BCUT2D eigenvalue weighted by Crippen LogP contribution is 2.33. The second-order valence-corrected chi connectivity index (χ2v) is 11.4. The van der Waals surface area contributed by atoms with Gasteiger partial charge in [-0.3, -0.25) is 4.79 Å². The van der Waals surface area contributed by atoms with Crippen LogP contribution < -0.4 is 14.3 Å². The van der Waals surface area contributed by atoms with E-state index >= 15 is 0 Å². The topological polar surface area (TPSA) is 99.4 Å². The Balaban J connectivity index is 1.63. The molecule has 1 atom stereocenters. The molecule has 2 heterocycles. The zero-order valence-electron chi connectivity index (χ0n) is 20.5. The van der Waals surface area contributed by atoms with Crippen molar-refractivity contribution in [2.75, 3.05) is 34.4 Å². The van der Waals surface area contributed by atoms with Crippen LogP contribution >= 0.6 is 11.3 Å². The Labute approximate surface area is 214 Å². The zero-order valence-corrected chi connectivity index (χ0v) is 22.1. The van der Waals surface area contributed by atoms with Crippen molar-refractivity contribution in [2.45, 2.75) is 30.4 Å². The molecule has 192 valence electrons. The molecule has 0 bridgehead atoms. The summed E-state index contributed by atoms with van der Waals surface area (Å²) in [6.07, 6.45) is 3.41. The Bertz CT molecular complexity index is 1430. The number of nitrogens with zero attached hydrogens (tertiary/aromatic N) is 3. The maximum atomic E-state index is 13.0. The standard InChI is InChI=1S/C25H29N3O6S2/c1-5-12-28-20-14-21(32-3)22(33-4)15-23(20)35-25(28)26-24(29)17-8-10-19(11-9-17)36(30,31)27(2)16-18-7-6-13-34-18/h5,8-11,14-15,18H,1,6-7,12-13,16H2,2-4H3. The minimum atomic E-state index is -3.70. The number of carbonyl (C=O) groups is 1. The van der Waals surface area contributed by atoms with E-state index in [1.807, 2.05) is 16.7 Å². The molecule has 0 spiro atoms. The van der Waals surface area contributed by atoms with Gasteiger partial charge in [0, 0.05) is 44.4 Å². The highest BCUT2D eigenvalue weighted by atomic mass is 32.2. The maximum absolute atomic E-state index is 13.0. The van der Waals surface area contributed by atoms with E-state index in [-0.39, 0.29) is 16.6 Å². The fourth-order valence-corrected chi connectivity index (χ4v) is 6.31. The van der Waals surface area contributed by atoms with Crippen molar-refractivity contribution in [3.63, 3.8) is 0 Å². The molecule has 0 radical (unpaired) electrons. The smallest absolute Gasteiger partial charge is 0.279 e.